The van der Waals surface area contributed by atoms with E-state index in [9.17, 15) is 14.4 Å². The van der Waals surface area contributed by atoms with Gasteiger partial charge in [0.25, 0.3) is 11.8 Å². The first kappa shape index (κ1) is 17.9. The molecule has 0 fully saturated rings. The second kappa shape index (κ2) is 7.29. The van der Waals surface area contributed by atoms with Gasteiger partial charge in [-0.05, 0) is 48.0 Å². The molecule has 0 aliphatic carbocycles. The first-order valence-electron chi connectivity index (χ1n) is 8.65. The molecule has 0 unspecified atom stereocenters. The van der Waals surface area contributed by atoms with Crippen LogP contribution in [0.5, 0.6) is 0 Å². The molecule has 4 rings (SSSR count). The van der Waals surface area contributed by atoms with Crippen LogP contribution < -0.4 is 10.2 Å². The Morgan fingerprint density at radius 1 is 0.857 bits per heavy atom. The van der Waals surface area contributed by atoms with Gasteiger partial charge in [0.15, 0.2) is 0 Å². The van der Waals surface area contributed by atoms with Crippen LogP contribution in [0.15, 0.2) is 72.8 Å². The van der Waals surface area contributed by atoms with Gasteiger partial charge in [0.1, 0.15) is 0 Å². The average Bonchev–Trinajstić information content (AvgIpc) is 2.95. The molecule has 3 aromatic carbocycles. The number of amides is 3. The molecule has 3 aromatic rings. The lowest BCUT2D eigenvalue weighted by Gasteiger charge is -2.15. The van der Waals surface area contributed by atoms with E-state index in [4.69, 9.17) is 11.6 Å². The minimum atomic E-state index is -0.370. The van der Waals surface area contributed by atoms with Gasteiger partial charge < -0.3 is 5.32 Å². The molecule has 0 saturated carbocycles. The minimum Gasteiger partial charge on any atom is -0.326 e. The van der Waals surface area contributed by atoms with E-state index in [1.807, 2.05) is 0 Å². The number of rotatable bonds is 4. The summed E-state index contributed by atoms with van der Waals surface area (Å²) in [4.78, 5) is 38.7. The summed E-state index contributed by atoms with van der Waals surface area (Å²) in [7, 11) is 0. The molecule has 0 atom stereocenters. The SMILES string of the molecule is O=C(Cc1ccc(Cl)cc1)Nc1cccc(N2C(=O)c3ccccc3C2=O)c1. The van der Waals surface area contributed by atoms with Crippen LogP contribution in [0.1, 0.15) is 26.3 Å². The molecular weight excluding hydrogens is 376 g/mol. The van der Waals surface area contributed by atoms with Gasteiger partial charge in [0, 0.05) is 10.7 Å². The third-order valence-corrected chi connectivity index (χ3v) is 4.71. The molecule has 0 bridgehead atoms. The van der Waals surface area contributed by atoms with E-state index in [0.717, 1.165) is 10.5 Å². The van der Waals surface area contributed by atoms with Crippen molar-refractivity contribution in [3.63, 3.8) is 0 Å². The second-order valence-electron chi connectivity index (χ2n) is 6.39. The summed E-state index contributed by atoms with van der Waals surface area (Å²) >= 11 is 5.85. The molecule has 1 N–H and O–H groups in total. The Morgan fingerprint density at radius 3 is 2.14 bits per heavy atom. The lowest BCUT2D eigenvalue weighted by Crippen LogP contribution is -2.29. The molecule has 6 heteroatoms. The Hall–Kier alpha value is -3.44. The first-order chi connectivity index (χ1) is 13.5. The number of fused-ring (bicyclic) bond motifs is 1. The van der Waals surface area contributed by atoms with Gasteiger partial charge in [-0.15, -0.1) is 0 Å². The summed E-state index contributed by atoms with van der Waals surface area (Å²) in [6.07, 6.45) is 0.189. The van der Waals surface area contributed by atoms with E-state index in [1.54, 1.807) is 72.8 Å². The molecule has 1 aliphatic heterocycles. The Labute approximate surface area is 166 Å². The van der Waals surface area contributed by atoms with Crippen LogP contribution >= 0.6 is 11.6 Å². The van der Waals surface area contributed by atoms with E-state index in [2.05, 4.69) is 5.32 Å². The van der Waals surface area contributed by atoms with Gasteiger partial charge in [0.2, 0.25) is 5.91 Å². The van der Waals surface area contributed by atoms with Gasteiger partial charge >= 0.3 is 0 Å². The highest BCUT2D eigenvalue weighted by atomic mass is 35.5. The van der Waals surface area contributed by atoms with Crippen molar-refractivity contribution in [1.29, 1.82) is 0 Å². The number of imide groups is 1. The molecule has 138 valence electrons. The fraction of sp³-hybridized carbons (Fsp3) is 0.0455. The summed E-state index contributed by atoms with van der Waals surface area (Å²) in [6.45, 7) is 0. The average molecular weight is 391 g/mol. The molecular formula is C22H15ClN2O3. The first-order valence-corrected chi connectivity index (χ1v) is 9.03. The van der Waals surface area contributed by atoms with Crippen molar-refractivity contribution in [2.24, 2.45) is 0 Å². The highest BCUT2D eigenvalue weighted by molar-refractivity contribution is 6.34. The number of nitrogens with zero attached hydrogens (tertiary/aromatic N) is 1. The largest absolute Gasteiger partial charge is 0.326 e. The number of nitrogens with one attached hydrogen (secondary N) is 1. The molecule has 5 nitrogen and oxygen atoms in total. The monoisotopic (exact) mass is 390 g/mol. The van der Waals surface area contributed by atoms with Crippen LogP contribution in [0.25, 0.3) is 0 Å². The maximum atomic E-state index is 12.6. The Balaban J connectivity index is 1.52. The van der Waals surface area contributed by atoms with Crippen molar-refractivity contribution in [3.8, 4) is 0 Å². The zero-order valence-corrected chi connectivity index (χ0v) is 15.4. The highest BCUT2D eigenvalue weighted by Gasteiger charge is 2.36. The van der Waals surface area contributed by atoms with Gasteiger partial charge in [-0.2, -0.15) is 0 Å². The van der Waals surface area contributed by atoms with Crippen molar-refractivity contribution in [2.75, 3.05) is 10.2 Å². The van der Waals surface area contributed by atoms with Crippen molar-refractivity contribution in [1.82, 2.24) is 0 Å². The maximum Gasteiger partial charge on any atom is 0.266 e. The standard InChI is InChI=1S/C22H15ClN2O3/c23-15-10-8-14(9-11-15)12-20(26)24-16-4-3-5-17(13-16)25-21(27)18-6-1-2-7-19(18)22(25)28/h1-11,13H,12H2,(H,24,26). The van der Waals surface area contributed by atoms with Crippen LogP contribution in [-0.2, 0) is 11.2 Å². The zero-order chi connectivity index (χ0) is 19.7. The van der Waals surface area contributed by atoms with Gasteiger partial charge in [-0.1, -0.05) is 41.9 Å². The topological polar surface area (TPSA) is 66.5 Å². The molecule has 3 amide bonds. The summed E-state index contributed by atoms with van der Waals surface area (Å²) in [6, 6.07) is 20.4. The number of hydrogen-bond donors (Lipinski definition) is 1. The minimum absolute atomic E-state index is 0.189. The lowest BCUT2D eigenvalue weighted by molar-refractivity contribution is -0.115. The van der Waals surface area contributed by atoms with E-state index in [-0.39, 0.29) is 24.1 Å². The van der Waals surface area contributed by atoms with Gasteiger partial charge in [-0.3, -0.25) is 14.4 Å². The van der Waals surface area contributed by atoms with E-state index >= 15 is 0 Å². The van der Waals surface area contributed by atoms with Crippen LogP contribution in [0.4, 0.5) is 11.4 Å². The summed E-state index contributed by atoms with van der Waals surface area (Å²) in [5.41, 5.74) is 2.51. The van der Waals surface area contributed by atoms with Crippen LogP contribution in [-0.4, -0.2) is 17.7 Å². The normalized spacial score (nSPS) is 12.8. The predicted octanol–water partition coefficient (Wildman–Crippen LogP) is 4.32. The Kier molecular flexibility index (Phi) is 4.67. The van der Waals surface area contributed by atoms with Crippen LogP contribution in [0.2, 0.25) is 5.02 Å². The smallest absolute Gasteiger partial charge is 0.266 e. The third kappa shape index (κ3) is 3.40. The van der Waals surface area contributed by atoms with E-state index in [0.29, 0.717) is 27.5 Å². The number of hydrogen-bond acceptors (Lipinski definition) is 3. The number of halogens is 1. The van der Waals surface area contributed by atoms with Crippen LogP contribution in [0, 0.1) is 0 Å². The number of carbonyl (C=O) groups excluding carboxylic acids is 3. The summed E-state index contributed by atoms with van der Waals surface area (Å²) < 4.78 is 0. The maximum absolute atomic E-state index is 12.6. The van der Waals surface area contributed by atoms with Crippen molar-refractivity contribution >= 4 is 40.7 Å². The van der Waals surface area contributed by atoms with Gasteiger partial charge in [0.05, 0.1) is 23.2 Å². The summed E-state index contributed by atoms with van der Waals surface area (Å²) in [5.74, 6) is -0.947. The van der Waals surface area contributed by atoms with Gasteiger partial charge in [-0.25, -0.2) is 4.90 Å². The molecule has 0 spiro atoms. The second-order valence-corrected chi connectivity index (χ2v) is 6.83. The number of carbonyl (C=O) groups is 3. The Morgan fingerprint density at radius 2 is 1.50 bits per heavy atom. The number of anilines is 2. The molecule has 0 aromatic heterocycles. The zero-order valence-electron chi connectivity index (χ0n) is 14.7. The lowest BCUT2D eigenvalue weighted by atomic mass is 10.1. The molecule has 1 aliphatic rings. The third-order valence-electron chi connectivity index (χ3n) is 4.46. The van der Waals surface area contributed by atoms with Crippen molar-refractivity contribution in [2.45, 2.75) is 6.42 Å². The fourth-order valence-corrected chi connectivity index (χ4v) is 3.27. The van der Waals surface area contributed by atoms with Crippen molar-refractivity contribution < 1.29 is 14.4 Å². The highest BCUT2D eigenvalue weighted by Crippen LogP contribution is 2.29. The van der Waals surface area contributed by atoms with Crippen molar-refractivity contribution in [3.05, 3.63) is 94.5 Å². The quantitative estimate of drug-likeness (QED) is 0.674. The molecule has 1 heterocycles. The molecule has 0 saturated heterocycles. The van der Waals surface area contributed by atoms with Crippen LogP contribution in [0.3, 0.4) is 0 Å². The predicted molar refractivity (Wildman–Crippen MR) is 108 cm³/mol. The fourth-order valence-electron chi connectivity index (χ4n) is 3.14. The van der Waals surface area contributed by atoms with E-state index < -0.39 is 0 Å². The Bertz CT molecular complexity index is 1060. The number of benzene rings is 3. The molecule has 0 radical (unpaired) electrons. The van der Waals surface area contributed by atoms with E-state index in [1.165, 1.54) is 0 Å². The summed E-state index contributed by atoms with van der Waals surface area (Å²) in [5, 5.41) is 3.41. The molecule has 28 heavy (non-hydrogen) atoms.